The maximum absolute atomic E-state index is 12.5. The van der Waals surface area contributed by atoms with Crippen LogP contribution in [-0.2, 0) is 0 Å². The first kappa shape index (κ1) is 14.1. The van der Waals surface area contributed by atoms with E-state index in [1.165, 1.54) is 0 Å². The summed E-state index contributed by atoms with van der Waals surface area (Å²) < 4.78 is 64.4. The van der Waals surface area contributed by atoms with E-state index in [-0.39, 0.29) is 0 Å². The molecule has 0 amide bonds. The zero-order valence-electron chi connectivity index (χ0n) is 8.66. The van der Waals surface area contributed by atoms with Crippen LogP contribution in [0.3, 0.4) is 0 Å². The molecule has 0 spiro atoms. The van der Waals surface area contributed by atoms with Gasteiger partial charge in [0, 0.05) is 6.20 Å². The first-order chi connectivity index (χ1) is 8.13. The third kappa shape index (κ3) is 3.02. The van der Waals surface area contributed by atoms with Gasteiger partial charge in [-0.1, -0.05) is 0 Å². The number of aromatic nitrogens is 1. The van der Waals surface area contributed by atoms with Crippen LogP contribution in [0.4, 0.5) is 27.6 Å². The molecule has 0 aromatic carbocycles. The second-order valence-corrected chi connectivity index (χ2v) is 3.08. The van der Waals surface area contributed by atoms with E-state index >= 15 is 0 Å². The Morgan fingerprint density at radius 2 is 2.00 bits per heavy atom. The molecule has 0 saturated heterocycles. The Morgan fingerprint density at radius 3 is 2.39 bits per heavy atom. The summed E-state index contributed by atoms with van der Waals surface area (Å²) in [6.45, 7) is 0.976. The van der Waals surface area contributed by atoms with Crippen molar-refractivity contribution in [1.29, 1.82) is 0 Å². The van der Waals surface area contributed by atoms with Crippen molar-refractivity contribution in [2.24, 2.45) is 0 Å². The summed E-state index contributed by atoms with van der Waals surface area (Å²) >= 11 is 0. The lowest BCUT2D eigenvalue weighted by Crippen LogP contribution is -2.19. The summed E-state index contributed by atoms with van der Waals surface area (Å²) in [7, 11) is 0. The fourth-order valence-electron chi connectivity index (χ4n) is 1.17. The van der Waals surface area contributed by atoms with Crippen LogP contribution >= 0.6 is 0 Å². The number of nitro groups is 1. The van der Waals surface area contributed by atoms with Crippen molar-refractivity contribution in [3.8, 4) is 5.75 Å². The van der Waals surface area contributed by atoms with Crippen molar-refractivity contribution in [1.82, 2.24) is 4.98 Å². The van der Waals surface area contributed by atoms with Crippen LogP contribution in [-0.4, -0.2) is 16.3 Å². The second kappa shape index (κ2) is 4.70. The molecule has 0 aliphatic rings. The molecule has 0 atom stereocenters. The molecule has 1 heterocycles. The molecule has 1 aromatic rings. The SMILES string of the molecule is Cc1ncc(C(F)F)c([N+](=O)[O-])c1OC(F)(F)F. The van der Waals surface area contributed by atoms with Crippen LogP contribution in [0.5, 0.6) is 5.75 Å². The van der Waals surface area contributed by atoms with E-state index in [9.17, 15) is 32.1 Å². The molecule has 10 heteroatoms. The van der Waals surface area contributed by atoms with Crippen molar-refractivity contribution in [3.63, 3.8) is 0 Å². The predicted molar refractivity (Wildman–Crippen MR) is 47.3 cm³/mol. The molecule has 100 valence electrons. The Labute approximate surface area is 96.3 Å². The lowest BCUT2D eigenvalue weighted by atomic mass is 10.2. The van der Waals surface area contributed by atoms with E-state index < -0.39 is 40.4 Å². The normalized spacial score (nSPS) is 11.7. The highest BCUT2D eigenvalue weighted by Crippen LogP contribution is 2.40. The molecular formula is C8H5F5N2O3. The summed E-state index contributed by atoms with van der Waals surface area (Å²) in [4.78, 5) is 12.4. The monoisotopic (exact) mass is 272 g/mol. The smallest absolute Gasteiger partial charge is 0.396 e. The molecule has 18 heavy (non-hydrogen) atoms. The Kier molecular flexibility index (Phi) is 3.67. The average Bonchev–Trinajstić information content (AvgIpc) is 2.17. The van der Waals surface area contributed by atoms with Crippen LogP contribution in [0.25, 0.3) is 0 Å². The first-order valence-corrected chi connectivity index (χ1v) is 4.31. The second-order valence-electron chi connectivity index (χ2n) is 3.08. The Morgan fingerprint density at radius 1 is 1.44 bits per heavy atom. The van der Waals surface area contributed by atoms with Gasteiger partial charge < -0.3 is 4.74 Å². The molecule has 0 saturated carbocycles. The van der Waals surface area contributed by atoms with Crippen LogP contribution in [0.15, 0.2) is 6.20 Å². The average molecular weight is 272 g/mol. The van der Waals surface area contributed by atoms with Gasteiger partial charge in [0.05, 0.1) is 10.6 Å². The number of ether oxygens (including phenoxy) is 1. The largest absolute Gasteiger partial charge is 0.573 e. The molecule has 0 bridgehead atoms. The van der Waals surface area contributed by atoms with Gasteiger partial charge in [0.1, 0.15) is 5.56 Å². The highest BCUT2D eigenvalue weighted by atomic mass is 19.4. The number of aryl methyl sites for hydroxylation is 1. The number of hydrogen-bond donors (Lipinski definition) is 0. The molecular weight excluding hydrogens is 267 g/mol. The molecule has 0 aliphatic heterocycles. The van der Waals surface area contributed by atoms with Gasteiger partial charge >= 0.3 is 12.0 Å². The van der Waals surface area contributed by atoms with Gasteiger partial charge in [-0.25, -0.2) is 8.78 Å². The van der Waals surface area contributed by atoms with Gasteiger partial charge in [-0.05, 0) is 6.92 Å². The van der Waals surface area contributed by atoms with E-state index in [4.69, 9.17) is 0 Å². The fourth-order valence-corrected chi connectivity index (χ4v) is 1.17. The molecule has 5 nitrogen and oxygen atoms in total. The molecule has 0 radical (unpaired) electrons. The minimum atomic E-state index is -5.24. The summed E-state index contributed by atoms with van der Waals surface area (Å²) in [6, 6.07) is 0. The third-order valence-corrected chi connectivity index (χ3v) is 1.85. The maximum atomic E-state index is 12.5. The predicted octanol–water partition coefficient (Wildman–Crippen LogP) is 3.13. The number of nitrogens with zero attached hydrogens (tertiary/aromatic N) is 2. The maximum Gasteiger partial charge on any atom is 0.573 e. The lowest BCUT2D eigenvalue weighted by molar-refractivity contribution is -0.390. The molecule has 1 aromatic heterocycles. The Hall–Kier alpha value is -2.00. The van der Waals surface area contributed by atoms with Gasteiger partial charge in [0.2, 0.25) is 5.75 Å². The summed E-state index contributed by atoms with van der Waals surface area (Å²) in [5.74, 6) is -1.33. The van der Waals surface area contributed by atoms with E-state index in [0.717, 1.165) is 6.92 Å². The Bertz CT molecular complexity index is 475. The highest BCUT2D eigenvalue weighted by Gasteiger charge is 2.38. The van der Waals surface area contributed by atoms with Gasteiger partial charge in [0.25, 0.3) is 6.43 Å². The van der Waals surface area contributed by atoms with Crippen molar-refractivity contribution >= 4 is 5.69 Å². The van der Waals surface area contributed by atoms with Gasteiger partial charge in [-0.15, -0.1) is 13.2 Å². The summed E-state index contributed by atoms with van der Waals surface area (Å²) in [5.41, 5.74) is -3.18. The van der Waals surface area contributed by atoms with Gasteiger partial charge in [-0.2, -0.15) is 0 Å². The van der Waals surface area contributed by atoms with Crippen LogP contribution < -0.4 is 4.74 Å². The molecule has 0 fully saturated rings. The zero-order chi connectivity index (χ0) is 14.1. The molecule has 1 rings (SSSR count). The van der Waals surface area contributed by atoms with Crippen molar-refractivity contribution in [3.05, 3.63) is 27.6 Å². The van der Waals surface area contributed by atoms with E-state index in [1.54, 1.807) is 0 Å². The fraction of sp³-hybridized carbons (Fsp3) is 0.375. The van der Waals surface area contributed by atoms with Crippen LogP contribution in [0.1, 0.15) is 17.7 Å². The Balaban J connectivity index is 3.46. The molecule has 0 unspecified atom stereocenters. The minimum absolute atomic E-state index is 0.446. The van der Waals surface area contributed by atoms with Gasteiger partial charge in [-0.3, -0.25) is 15.1 Å². The quantitative estimate of drug-likeness (QED) is 0.481. The third-order valence-electron chi connectivity index (χ3n) is 1.85. The number of pyridine rings is 1. The number of halogens is 5. The number of hydrogen-bond acceptors (Lipinski definition) is 4. The molecule has 0 aliphatic carbocycles. The van der Waals surface area contributed by atoms with Crippen molar-refractivity contribution in [2.45, 2.75) is 19.7 Å². The number of rotatable bonds is 3. The minimum Gasteiger partial charge on any atom is -0.396 e. The van der Waals surface area contributed by atoms with Crippen molar-refractivity contribution < 1.29 is 31.6 Å². The highest BCUT2D eigenvalue weighted by molar-refractivity contribution is 5.54. The van der Waals surface area contributed by atoms with Crippen LogP contribution in [0, 0.1) is 17.0 Å². The van der Waals surface area contributed by atoms with Crippen LogP contribution in [0.2, 0.25) is 0 Å². The topological polar surface area (TPSA) is 65.3 Å². The first-order valence-electron chi connectivity index (χ1n) is 4.31. The lowest BCUT2D eigenvalue weighted by Gasteiger charge is -2.12. The molecule has 0 N–H and O–H groups in total. The van der Waals surface area contributed by atoms with E-state index in [0.29, 0.717) is 6.20 Å². The zero-order valence-corrected chi connectivity index (χ0v) is 8.66. The number of alkyl halides is 5. The van der Waals surface area contributed by atoms with E-state index in [1.807, 2.05) is 0 Å². The van der Waals surface area contributed by atoms with E-state index in [2.05, 4.69) is 9.72 Å². The van der Waals surface area contributed by atoms with Crippen molar-refractivity contribution in [2.75, 3.05) is 0 Å². The standard InChI is InChI=1S/C8H5F5N2O3/c1-3-6(18-8(11,12)13)5(15(16)17)4(2-14-3)7(9)10/h2,7H,1H3. The van der Waals surface area contributed by atoms with Gasteiger partial charge in [0.15, 0.2) is 0 Å². The summed E-state index contributed by atoms with van der Waals surface area (Å²) in [5, 5.41) is 10.6. The summed E-state index contributed by atoms with van der Waals surface area (Å²) in [6.07, 6.45) is -8.13.